The smallest absolute Gasteiger partial charge is 0.291 e. The highest BCUT2D eigenvalue weighted by Gasteiger charge is 2.15. The number of anilines is 2. The van der Waals surface area contributed by atoms with Crippen LogP contribution in [0.3, 0.4) is 0 Å². The standard InChI is InChI=1S/C20H17IN2O3S/c1-13(19(24)22-15-9-7-14(21)8-10-15)27-17-5-2-4-16(12-17)23-20(25)18-6-3-11-26-18/h2-13H,1H3,(H,22,24)(H,23,25). The molecule has 0 radical (unpaired) electrons. The van der Waals surface area contributed by atoms with Crippen LogP contribution in [0.15, 0.2) is 76.2 Å². The second-order valence-corrected chi connectivity index (χ2v) is 8.38. The molecule has 3 rings (SSSR count). The van der Waals surface area contributed by atoms with Gasteiger partial charge in [0.2, 0.25) is 5.91 Å². The number of nitrogens with one attached hydrogen (secondary N) is 2. The van der Waals surface area contributed by atoms with Crippen molar-refractivity contribution in [2.45, 2.75) is 17.1 Å². The molecule has 27 heavy (non-hydrogen) atoms. The van der Waals surface area contributed by atoms with E-state index in [9.17, 15) is 9.59 Å². The maximum absolute atomic E-state index is 12.4. The molecule has 1 unspecified atom stereocenters. The second-order valence-electron chi connectivity index (χ2n) is 5.72. The molecule has 1 atom stereocenters. The quantitative estimate of drug-likeness (QED) is 0.364. The van der Waals surface area contributed by atoms with E-state index < -0.39 is 0 Å². The van der Waals surface area contributed by atoms with Crippen LogP contribution in [0.25, 0.3) is 0 Å². The van der Waals surface area contributed by atoms with Gasteiger partial charge in [-0.15, -0.1) is 11.8 Å². The van der Waals surface area contributed by atoms with Gasteiger partial charge in [0.25, 0.3) is 5.91 Å². The van der Waals surface area contributed by atoms with Gasteiger partial charge in [0.05, 0.1) is 11.5 Å². The van der Waals surface area contributed by atoms with E-state index in [0.717, 1.165) is 14.2 Å². The van der Waals surface area contributed by atoms with Gasteiger partial charge in [-0.3, -0.25) is 9.59 Å². The molecule has 1 aromatic heterocycles. The van der Waals surface area contributed by atoms with E-state index in [0.29, 0.717) is 5.69 Å². The Bertz CT molecular complexity index is 927. The van der Waals surface area contributed by atoms with Gasteiger partial charge in [-0.25, -0.2) is 0 Å². The third-order valence-electron chi connectivity index (χ3n) is 3.63. The molecule has 0 aliphatic carbocycles. The molecule has 0 fully saturated rings. The monoisotopic (exact) mass is 492 g/mol. The summed E-state index contributed by atoms with van der Waals surface area (Å²) in [4.78, 5) is 25.4. The molecular weight excluding hydrogens is 475 g/mol. The first-order valence-corrected chi connectivity index (χ1v) is 10.1. The van der Waals surface area contributed by atoms with Crippen molar-refractivity contribution < 1.29 is 14.0 Å². The number of benzene rings is 2. The summed E-state index contributed by atoms with van der Waals surface area (Å²) >= 11 is 3.64. The Balaban J connectivity index is 1.60. The zero-order valence-electron chi connectivity index (χ0n) is 14.4. The van der Waals surface area contributed by atoms with E-state index in [-0.39, 0.29) is 22.8 Å². The van der Waals surface area contributed by atoms with Gasteiger partial charge in [0, 0.05) is 19.8 Å². The fourth-order valence-corrected chi connectivity index (χ4v) is 3.57. The van der Waals surface area contributed by atoms with Gasteiger partial charge in [-0.2, -0.15) is 0 Å². The number of amides is 2. The minimum Gasteiger partial charge on any atom is -0.459 e. The van der Waals surface area contributed by atoms with E-state index in [1.807, 2.05) is 49.4 Å². The highest BCUT2D eigenvalue weighted by molar-refractivity contribution is 14.1. The number of thioether (sulfide) groups is 1. The highest BCUT2D eigenvalue weighted by Crippen LogP contribution is 2.27. The molecule has 0 spiro atoms. The van der Waals surface area contributed by atoms with E-state index in [2.05, 4.69) is 33.2 Å². The molecule has 5 nitrogen and oxygen atoms in total. The van der Waals surface area contributed by atoms with Crippen molar-refractivity contribution in [3.8, 4) is 0 Å². The molecule has 0 bridgehead atoms. The lowest BCUT2D eigenvalue weighted by Crippen LogP contribution is -2.22. The van der Waals surface area contributed by atoms with E-state index in [1.54, 1.807) is 18.2 Å². The molecule has 0 aliphatic rings. The van der Waals surface area contributed by atoms with Gasteiger partial charge < -0.3 is 15.1 Å². The van der Waals surface area contributed by atoms with Gasteiger partial charge in [0.1, 0.15) is 0 Å². The summed E-state index contributed by atoms with van der Waals surface area (Å²) < 4.78 is 6.20. The number of hydrogen-bond donors (Lipinski definition) is 2. The second kappa shape index (κ2) is 9.09. The molecule has 7 heteroatoms. The van der Waals surface area contributed by atoms with Crippen molar-refractivity contribution in [3.05, 3.63) is 76.3 Å². The lowest BCUT2D eigenvalue weighted by atomic mass is 10.3. The zero-order valence-corrected chi connectivity index (χ0v) is 17.4. The molecule has 0 saturated carbocycles. The summed E-state index contributed by atoms with van der Waals surface area (Å²) in [5, 5.41) is 5.40. The molecule has 2 amide bonds. The maximum atomic E-state index is 12.4. The molecule has 2 N–H and O–H groups in total. The van der Waals surface area contributed by atoms with Crippen molar-refractivity contribution in [1.82, 2.24) is 0 Å². The molecule has 2 aromatic carbocycles. The third-order valence-corrected chi connectivity index (χ3v) is 5.44. The summed E-state index contributed by atoms with van der Waals surface area (Å²) in [6.07, 6.45) is 1.45. The minimum atomic E-state index is -0.313. The number of carbonyl (C=O) groups is 2. The molecule has 0 aliphatic heterocycles. The fourth-order valence-electron chi connectivity index (χ4n) is 2.28. The van der Waals surface area contributed by atoms with Gasteiger partial charge in [-0.05, 0) is 84.1 Å². The van der Waals surface area contributed by atoms with Crippen LogP contribution in [0.1, 0.15) is 17.5 Å². The van der Waals surface area contributed by atoms with Crippen molar-refractivity contribution >= 4 is 57.5 Å². The van der Waals surface area contributed by atoms with Crippen LogP contribution in [-0.4, -0.2) is 17.1 Å². The van der Waals surface area contributed by atoms with Crippen LogP contribution >= 0.6 is 34.4 Å². The Morgan fingerprint density at radius 2 is 1.78 bits per heavy atom. The lowest BCUT2D eigenvalue weighted by Gasteiger charge is -2.13. The van der Waals surface area contributed by atoms with Crippen LogP contribution in [0.2, 0.25) is 0 Å². The van der Waals surface area contributed by atoms with Crippen molar-refractivity contribution in [2.24, 2.45) is 0 Å². The van der Waals surface area contributed by atoms with Crippen molar-refractivity contribution in [2.75, 3.05) is 10.6 Å². The molecule has 0 saturated heterocycles. The van der Waals surface area contributed by atoms with Gasteiger partial charge >= 0.3 is 0 Å². The van der Waals surface area contributed by atoms with Crippen LogP contribution < -0.4 is 10.6 Å². The van der Waals surface area contributed by atoms with Crippen molar-refractivity contribution in [3.63, 3.8) is 0 Å². The fraction of sp³-hybridized carbons (Fsp3) is 0.100. The summed E-state index contributed by atoms with van der Waals surface area (Å²) in [5.41, 5.74) is 1.42. The van der Waals surface area contributed by atoms with E-state index in [1.165, 1.54) is 18.0 Å². The SMILES string of the molecule is CC(Sc1cccc(NC(=O)c2ccco2)c1)C(=O)Nc1ccc(I)cc1. The van der Waals surface area contributed by atoms with E-state index in [4.69, 9.17) is 4.42 Å². The number of carbonyl (C=O) groups excluding carboxylic acids is 2. The highest BCUT2D eigenvalue weighted by atomic mass is 127. The number of furan rings is 1. The zero-order chi connectivity index (χ0) is 19.2. The predicted molar refractivity (Wildman–Crippen MR) is 116 cm³/mol. The van der Waals surface area contributed by atoms with Crippen LogP contribution in [0.5, 0.6) is 0 Å². The Hall–Kier alpha value is -2.26. The molecular formula is C20H17IN2O3S. The van der Waals surface area contributed by atoms with E-state index >= 15 is 0 Å². The van der Waals surface area contributed by atoms with Crippen LogP contribution in [-0.2, 0) is 4.79 Å². The molecule has 1 heterocycles. The minimum absolute atomic E-state index is 0.0776. The Kier molecular flexibility index (Phi) is 6.57. The number of rotatable bonds is 6. The first-order valence-electron chi connectivity index (χ1n) is 8.19. The van der Waals surface area contributed by atoms with Crippen LogP contribution in [0, 0.1) is 3.57 Å². The third kappa shape index (κ3) is 5.61. The Morgan fingerprint density at radius 1 is 1.00 bits per heavy atom. The Labute approximate surface area is 175 Å². The first-order chi connectivity index (χ1) is 13.0. The number of halogens is 1. The number of hydrogen-bond acceptors (Lipinski definition) is 4. The first kappa shape index (κ1) is 19.5. The summed E-state index contributed by atoms with van der Waals surface area (Å²) in [7, 11) is 0. The summed E-state index contributed by atoms with van der Waals surface area (Å²) in [6.45, 7) is 1.85. The lowest BCUT2D eigenvalue weighted by molar-refractivity contribution is -0.115. The Morgan fingerprint density at radius 3 is 2.48 bits per heavy atom. The molecule has 3 aromatic rings. The largest absolute Gasteiger partial charge is 0.459 e. The maximum Gasteiger partial charge on any atom is 0.291 e. The summed E-state index contributed by atoms with van der Waals surface area (Å²) in [6, 6.07) is 18.3. The van der Waals surface area contributed by atoms with Gasteiger partial charge in [-0.1, -0.05) is 6.07 Å². The summed E-state index contributed by atoms with van der Waals surface area (Å²) in [5.74, 6) is -0.142. The topological polar surface area (TPSA) is 71.3 Å². The predicted octanol–water partition coefficient (Wildman–Crippen LogP) is 5.26. The van der Waals surface area contributed by atoms with Gasteiger partial charge in [0.15, 0.2) is 5.76 Å². The average Bonchev–Trinajstić information content (AvgIpc) is 3.19. The average molecular weight is 492 g/mol. The normalized spacial score (nSPS) is 11.6. The van der Waals surface area contributed by atoms with Crippen molar-refractivity contribution in [1.29, 1.82) is 0 Å². The van der Waals surface area contributed by atoms with Crippen LogP contribution in [0.4, 0.5) is 11.4 Å². The molecule has 138 valence electrons.